The van der Waals surface area contributed by atoms with Gasteiger partial charge in [-0.1, -0.05) is 24.3 Å². The molecule has 0 aliphatic carbocycles. The SMILES string of the molecule is C=CCn1cc(CN2CCc3[nH]c(=S)ncc3C2)c2ccccc21. The molecule has 122 valence electrons. The number of hydrogen-bond acceptors (Lipinski definition) is 3. The van der Waals surface area contributed by atoms with Crippen molar-refractivity contribution in [1.82, 2.24) is 19.4 Å². The molecule has 2 aromatic heterocycles. The standard InChI is InChI=1S/C19H20N4S/c1-2-8-23-13-15(16-5-3-4-6-18(16)23)12-22-9-7-17-14(11-22)10-20-19(24)21-17/h2-6,10,13H,1,7-9,11-12H2,(H,20,21,24). The number of para-hydroxylation sites is 1. The summed E-state index contributed by atoms with van der Waals surface area (Å²) < 4.78 is 2.85. The van der Waals surface area contributed by atoms with Crippen LogP contribution in [0.25, 0.3) is 10.9 Å². The Bertz CT molecular complexity index is 953. The normalized spacial score (nSPS) is 14.7. The lowest BCUT2D eigenvalue weighted by molar-refractivity contribution is 0.243. The van der Waals surface area contributed by atoms with Gasteiger partial charge < -0.3 is 9.55 Å². The summed E-state index contributed by atoms with van der Waals surface area (Å²) in [5.74, 6) is 0. The molecule has 0 atom stereocenters. The van der Waals surface area contributed by atoms with Crippen LogP contribution in [0, 0.1) is 4.77 Å². The second-order valence-electron chi connectivity index (χ2n) is 6.27. The molecule has 0 fully saturated rings. The van der Waals surface area contributed by atoms with Crippen molar-refractivity contribution in [3.8, 4) is 0 Å². The fourth-order valence-corrected chi connectivity index (χ4v) is 3.70. The molecule has 1 aliphatic heterocycles. The van der Waals surface area contributed by atoms with E-state index in [1.807, 2.05) is 12.3 Å². The van der Waals surface area contributed by atoms with Crippen molar-refractivity contribution in [2.45, 2.75) is 26.1 Å². The topological polar surface area (TPSA) is 36.9 Å². The van der Waals surface area contributed by atoms with Crippen LogP contribution in [0.3, 0.4) is 0 Å². The molecule has 3 aromatic rings. The Balaban J connectivity index is 1.62. The van der Waals surface area contributed by atoms with Crippen molar-refractivity contribution < 1.29 is 0 Å². The van der Waals surface area contributed by atoms with Crippen molar-refractivity contribution in [3.05, 3.63) is 70.9 Å². The number of hydrogen-bond donors (Lipinski definition) is 1. The van der Waals surface area contributed by atoms with E-state index in [0.717, 1.165) is 32.6 Å². The van der Waals surface area contributed by atoms with Crippen LogP contribution in [0.1, 0.15) is 16.8 Å². The maximum Gasteiger partial charge on any atom is 0.196 e. The number of benzene rings is 1. The van der Waals surface area contributed by atoms with E-state index in [2.05, 4.69) is 56.5 Å². The molecular formula is C19H20N4S. The predicted molar refractivity (Wildman–Crippen MR) is 99.4 cm³/mol. The van der Waals surface area contributed by atoms with E-state index in [0.29, 0.717) is 4.77 Å². The Hall–Kier alpha value is -2.24. The van der Waals surface area contributed by atoms with Gasteiger partial charge in [0.15, 0.2) is 4.77 Å². The van der Waals surface area contributed by atoms with Gasteiger partial charge >= 0.3 is 0 Å². The monoisotopic (exact) mass is 336 g/mol. The van der Waals surface area contributed by atoms with E-state index in [4.69, 9.17) is 12.2 Å². The van der Waals surface area contributed by atoms with Gasteiger partial charge in [-0.25, -0.2) is 4.98 Å². The molecule has 4 rings (SSSR count). The third kappa shape index (κ3) is 2.81. The maximum atomic E-state index is 5.12. The summed E-state index contributed by atoms with van der Waals surface area (Å²) in [6, 6.07) is 8.59. The highest BCUT2D eigenvalue weighted by molar-refractivity contribution is 7.71. The van der Waals surface area contributed by atoms with Crippen molar-refractivity contribution in [3.63, 3.8) is 0 Å². The number of nitrogens with one attached hydrogen (secondary N) is 1. The number of nitrogens with zero attached hydrogens (tertiary/aromatic N) is 3. The van der Waals surface area contributed by atoms with Crippen molar-refractivity contribution in [1.29, 1.82) is 0 Å². The average molecular weight is 336 g/mol. The van der Waals surface area contributed by atoms with Gasteiger partial charge in [0.05, 0.1) is 0 Å². The predicted octanol–water partition coefficient (Wildman–Crippen LogP) is 3.84. The fraction of sp³-hybridized carbons (Fsp3) is 0.263. The highest BCUT2D eigenvalue weighted by atomic mass is 32.1. The summed E-state index contributed by atoms with van der Waals surface area (Å²) in [4.78, 5) is 9.93. The summed E-state index contributed by atoms with van der Waals surface area (Å²) in [7, 11) is 0. The Labute approximate surface area is 146 Å². The molecule has 5 heteroatoms. The van der Waals surface area contributed by atoms with E-state index in [-0.39, 0.29) is 0 Å². The minimum absolute atomic E-state index is 0.578. The van der Waals surface area contributed by atoms with E-state index in [1.165, 1.54) is 27.7 Å². The molecule has 0 spiro atoms. The van der Waals surface area contributed by atoms with Crippen molar-refractivity contribution in [2.24, 2.45) is 0 Å². The molecule has 0 saturated heterocycles. The van der Waals surface area contributed by atoms with Crippen molar-refractivity contribution in [2.75, 3.05) is 6.54 Å². The van der Waals surface area contributed by atoms with E-state index in [1.54, 1.807) is 0 Å². The van der Waals surface area contributed by atoms with E-state index >= 15 is 0 Å². The lowest BCUT2D eigenvalue weighted by atomic mass is 10.1. The highest BCUT2D eigenvalue weighted by Gasteiger charge is 2.18. The largest absolute Gasteiger partial charge is 0.343 e. The molecule has 0 radical (unpaired) electrons. The zero-order valence-electron chi connectivity index (χ0n) is 13.5. The Morgan fingerprint density at radius 1 is 1.33 bits per heavy atom. The second-order valence-corrected chi connectivity index (χ2v) is 6.65. The van der Waals surface area contributed by atoms with Gasteiger partial charge in [-0.2, -0.15) is 0 Å². The Morgan fingerprint density at radius 3 is 3.08 bits per heavy atom. The third-order valence-electron chi connectivity index (χ3n) is 4.65. The molecule has 0 unspecified atom stereocenters. The van der Waals surface area contributed by atoms with Crippen LogP contribution < -0.4 is 0 Å². The number of aromatic nitrogens is 3. The molecular weight excluding hydrogens is 316 g/mol. The summed E-state index contributed by atoms with van der Waals surface area (Å²) in [5, 5.41) is 1.33. The first-order chi connectivity index (χ1) is 11.7. The number of H-pyrrole nitrogens is 1. The number of allylic oxidation sites excluding steroid dienone is 1. The molecule has 0 amide bonds. The van der Waals surface area contributed by atoms with Crippen molar-refractivity contribution >= 4 is 23.1 Å². The zero-order valence-corrected chi connectivity index (χ0v) is 14.4. The Kier molecular flexibility index (Phi) is 4.04. The van der Waals surface area contributed by atoms with Gasteiger partial charge in [-0.15, -0.1) is 6.58 Å². The average Bonchev–Trinajstić information content (AvgIpc) is 2.93. The quantitative estimate of drug-likeness (QED) is 0.581. The van der Waals surface area contributed by atoms with Crippen LogP contribution in [0.4, 0.5) is 0 Å². The smallest absolute Gasteiger partial charge is 0.196 e. The number of fused-ring (bicyclic) bond motifs is 2. The molecule has 4 nitrogen and oxygen atoms in total. The lowest BCUT2D eigenvalue weighted by Gasteiger charge is -2.27. The molecule has 1 aliphatic rings. The molecule has 0 bridgehead atoms. The summed E-state index contributed by atoms with van der Waals surface area (Å²) in [6.45, 7) is 7.59. The summed E-state index contributed by atoms with van der Waals surface area (Å²) >= 11 is 5.12. The second kappa shape index (κ2) is 6.34. The zero-order chi connectivity index (χ0) is 16.5. The van der Waals surface area contributed by atoms with Crippen LogP contribution >= 0.6 is 12.2 Å². The lowest BCUT2D eigenvalue weighted by Crippen LogP contribution is -2.30. The van der Waals surface area contributed by atoms with E-state index in [9.17, 15) is 0 Å². The minimum atomic E-state index is 0.578. The fourth-order valence-electron chi connectivity index (χ4n) is 3.52. The van der Waals surface area contributed by atoms with Crippen LogP contribution in [-0.4, -0.2) is 26.0 Å². The molecule has 3 heterocycles. The van der Waals surface area contributed by atoms with Gasteiger partial charge in [0.1, 0.15) is 0 Å². The summed E-state index contributed by atoms with van der Waals surface area (Å²) in [5.41, 5.74) is 5.13. The van der Waals surface area contributed by atoms with Crippen LogP contribution in [0.5, 0.6) is 0 Å². The van der Waals surface area contributed by atoms with Gasteiger partial charge in [0.25, 0.3) is 0 Å². The molecule has 1 aromatic carbocycles. The number of aromatic amines is 1. The van der Waals surface area contributed by atoms with Gasteiger partial charge in [0, 0.05) is 67.2 Å². The first kappa shape index (κ1) is 15.3. The first-order valence-corrected chi connectivity index (χ1v) is 8.62. The highest BCUT2D eigenvalue weighted by Crippen LogP contribution is 2.25. The molecule has 0 saturated carbocycles. The van der Waals surface area contributed by atoms with Crippen LogP contribution in [0.15, 0.2) is 49.3 Å². The van der Waals surface area contributed by atoms with Crippen LogP contribution in [0.2, 0.25) is 0 Å². The number of rotatable bonds is 4. The maximum absolute atomic E-state index is 5.12. The van der Waals surface area contributed by atoms with Crippen LogP contribution in [-0.2, 0) is 26.1 Å². The van der Waals surface area contributed by atoms with Gasteiger partial charge in [-0.05, 0) is 23.8 Å². The van der Waals surface area contributed by atoms with Gasteiger partial charge in [0.2, 0.25) is 0 Å². The molecule has 1 N–H and O–H groups in total. The first-order valence-electron chi connectivity index (χ1n) is 8.21. The van der Waals surface area contributed by atoms with Gasteiger partial charge in [-0.3, -0.25) is 4.90 Å². The summed E-state index contributed by atoms with van der Waals surface area (Å²) in [6.07, 6.45) is 7.12. The Morgan fingerprint density at radius 2 is 2.21 bits per heavy atom. The third-order valence-corrected chi connectivity index (χ3v) is 4.85. The minimum Gasteiger partial charge on any atom is -0.343 e. The van der Waals surface area contributed by atoms with E-state index < -0.39 is 0 Å². The molecule has 24 heavy (non-hydrogen) atoms.